The molecule has 0 fully saturated rings. The second-order valence-corrected chi connectivity index (χ2v) is 8.83. The molecule has 0 unspecified atom stereocenters. The number of benzene rings is 2. The van der Waals surface area contributed by atoms with Crippen LogP contribution in [0.15, 0.2) is 64.2 Å². The number of amides is 2. The normalized spacial score (nSPS) is 11.0. The minimum atomic E-state index is -0.266. The van der Waals surface area contributed by atoms with Crippen molar-refractivity contribution in [1.82, 2.24) is 20.1 Å². The summed E-state index contributed by atoms with van der Waals surface area (Å²) in [6, 6.07) is 14.7. The fourth-order valence-electron chi connectivity index (χ4n) is 2.77. The largest absolute Gasteiger partial charge is 0.345 e. The van der Waals surface area contributed by atoms with Gasteiger partial charge in [0.05, 0.1) is 12.3 Å². The molecule has 32 heavy (non-hydrogen) atoms. The van der Waals surface area contributed by atoms with Crippen LogP contribution in [0.2, 0.25) is 5.02 Å². The van der Waals surface area contributed by atoms with Crippen molar-refractivity contribution in [2.45, 2.75) is 25.2 Å². The van der Waals surface area contributed by atoms with E-state index < -0.39 is 0 Å². The number of hydrogen-bond donors (Lipinski definition) is 2. The van der Waals surface area contributed by atoms with Gasteiger partial charge in [-0.25, -0.2) is 0 Å². The van der Waals surface area contributed by atoms with Gasteiger partial charge in [-0.2, -0.15) is 0 Å². The van der Waals surface area contributed by atoms with E-state index in [4.69, 9.17) is 11.6 Å². The van der Waals surface area contributed by atoms with E-state index in [1.807, 2.05) is 54.0 Å². The Kier molecular flexibility index (Phi) is 8.90. The fraction of sp³-hybridized carbons (Fsp3) is 0.182. The van der Waals surface area contributed by atoms with Crippen LogP contribution in [0, 0.1) is 0 Å². The van der Waals surface area contributed by atoms with Crippen molar-refractivity contribution in [3.05, 3.63) is 75.5 Å². The standard InChI is InChI=1S/C22H21BrClN5O2S/c1-2-29-19(13-25-20(30)11-10-15-6-3-4-9-18(15)24)27-28-22(29)32-14-21(31)26-17-8-5-7-16(23)12-17/h3-12H,2,13-14H2,1H3,(H,25,30)(H,26,31)/b11-10+. The van der Waals surface area contributed by atoms with Gasteiger partial charge in [-0.15, -0.1) is 10.2 Å². The quantitative estimate of drug-likeness (QED) is 0.305. The molecule has 7 nitrogen and oxygen atoms in total. The van der Waals surface area contributed by atoms with Crippen molar-refractivity contribution in [1.29, 1.82) is 0 Å². The molecule has 0 spiro atoms. The summed E-state index contributed by atoms with van der Waals surface area (Å²) in [5.74, 6) is 0.399. The van der Waals surface area contributed by atoms with Crippen LogP contribution in [-0.2, 0) is 22.7 Å². The highest BCUT2D eigenvalue weighted by Gasteiger charge is 2.14. The highest BCUT2D eigenvalue weighted by atomic mass is 79.9. The van der Waals surface area contributed by atoms with Crippen molar-refractivity contribution < 1.29 is 9.59 Å². The number of nitrogens with zero attached hydrogens (tertiary/aromatic N) is 3. The summed E-state index contributed by atoms with van der Waals surface area (Å²) >= 11 is 10.8. The van der Waals surface area contributed by atoms with E-state index in [0.717, 1.165) is 15.7 Å². The highest BCUT2D eigenvalue weighted by molar-refractivity contribution is 9.10. The predicted octanol–water partition coefficient (Wildman–Crippen LogP) is 4.77. The molecule has 0 saturated heterocycles. The molecule has 2 N–H and O–H groups in total. The molecule has 0 radical (unpaired) electrons. The van der Waals surface area contributed by atoms with Crippen molar-refractivity contribution in [3.8, 4) is 0 Å². The first-order valence-corrected chi connectivity index (χ1v) is 11.9. The molecule has 0 aliphatic heterocycles. The molecule has 166 valence electrons. The number of hydrogen-bond acceptors (Lipinski definition) is 5. The molecule has 1 heterocycles. The number of carbonyl (C=O) groups excluding carboxylic acids is 2. The van der Waals surface area contributed by atoms with E-state index in [2.05, 4.69) is 36.8 Å². The predicted molar refractivity (Wildman–Crippen MR) is 132 cm³/mol. The van der Waals surface area contributed by atoms with E-state index in [9.17, 15) is 9.59 Å². The van der Waals surface area contributed by atoms with Gasteiger partial charge in [0.2, 0.25) is 11.8 Å². The lowest BCUT2D eigenvalue weighted by molar-refractivity contribution is -0.116. The van der Waals surface area contributed by atoms with Crippen LogP contribution in [0.25, 0.3) is 6.08 Å². The van der Waals surface area contributed by atoms with Gasteiger partial charge in [0.25, 0.3) is 0 Å². The van der Waals surface area contributed by atoms with E-state index in [1.165, 1.54) is 17.8 Å². The maximum atomic E-state index is 12.3. The zero-order valence-electron chi connectivity index (χ0n) is 17.2. The van der Waals surface area contributed by atoms with Crippen molar-refractivity contribution in [3.63, 3.8) is 0 Å². The minimum Gasteiger partial charge on any atom is -0.345 e. The fourth-order valence-corrected chi connectivity index (χ4v) is 4.19. The average molecular weight is 535 g/mol. The summed E-state index contributed by atoms with van der Waals surface area (Å²) in [4.78, 5) is 24.4. The van der Waals surface area contributed by atoms with E-state index >= 15 is 0 Å². The lowest BCUT2D eigenvalue weighted by Gasteiger charge is -2.08. The third kappa shape index (κ3) is 6.94. The third-order valence-electron chi connectivity index (χ3n) is 4.29. The molecule has 0 bridgehead atoms. The first kappa shape index (κ1) is 24.0. The van der Waals surface area contributed by atoms with Crippen LogP contribution in [0.5, 0.6) is 0 Å². The summed E-state index contributed by atoms with van der Waals surface area (Å²) in [5, 5.41) is 15.2. The van der Waals surface area contributed by atoms with Gasteiger partial charge in [0.1, 0.15) is 0 Å². The Labute approximate surface area is 203 Å². The van der Waals surface area contributed by atoms with Gasteiger partial charge >= 0.3 is 0 Å². The van der Waals surface area contributed by atoms with Crippen molar-refractivity contribution >= 4 is 62.9 Å². The number of thioether (sulfide) groups is 1. The smallest absolute Gasteiger partial charge is 0.244 e. The van der Waals surface area contributed by atoms with E-state index in [-0.39, 0.29) is 24.1 Å². The topological polar surface area (TPSA) is 88.9 Å². The molecule has 0 atom stereocenters. The first-order valence-electron chi connectivity index (χ1n) is 9.77. The van der Waals surface area contributed by atoms with Crippen LogP contribution >= 0.6 is 39.3 Å². The Hall–Kier alpha value is -2.62. The molecule has 10 heteroatoms. The zero-order valence-corrected chi connectivity index (χ0v) is 20.4. The first-order chi connectivity index (χ1) is 15.5. The monoisotopic (exact) mass is 533 g/mol. The molecular formula is C22H21BrClN5O2S. The number of rotatable bonds is 9. The number of carbonyl (C=O) groups is 2. The Balaban J connectivity index is 1.53. The molecule has 0 aliphatic carbocycles. The number of aromatic nitrogens is 3. The zero-order chi connectivity index (χ0) is 22.9. The Morgan fingerprint density at radius 2 is 2.00 bits per heavy atom. The number of anilines is 1. The van der Waals surface area contributed by atoms with Crippen molar-refractivity contribution in [2.75, 3.05) is 11.1 Å². The lowest BCUT2D eigenvalue weighted by Crippen LogP contribution is -2.22. The van der Waals surface area contributed by atoms with Gasteiger partial charge in [-0.3, -0.25) is 9.59 Å². The molecule has 0 saturated carbocycles. The second kappa shape index (κ2) is 11.8. The summed E-state index contributed by atoms with van der Waals surface area (Å²) in [7, 11) is 0. The lowest BCUT2D eigenvalue weighted by atomic mass is 10.2. The van der Waals surface area contributed by atoms with Gasteiger partial charge in [-0.1, -0.05) is 63.6 Å². The molecule has 0 aliphatic rings. The number of halogens is 2. The highest BCUT2D eigenvalue weighted by Crippen LogP contribution is 2.19. The van der Waals surface area contributed by atoms with Crippen LogP contribution < -0.4 is 10.6 Å². The SMILES string of the molecule is CCn1c(CNC(=O)/C=C/c2ccccc2Cl)nnc1SCC(=O)Nc1cccc(Br)c1. The van der Waals surface area contributed by atoms with E-state index in [0.29, 0.717) is 22.5 Å². The Morgan fingerprint density at radius 1 is 1.19 bits per heavy atom. The van der Waals surface area contributed by atoms with Gasteiger partial charge < -0.3 is 15.2 Å². The number of nitrogens with one attached hydrogen (secondary N) is 2. The summed E-state index contributed by atoms with van der Waals surface area (Å²) < 4.78 is 2.76. The van der Waals surface area contributed by atoms with Gasteiger partial charge in [-0.05, 0) is 42.8 Å². The minimum absolute atomic E-state index is 0.140. The Bertz CT molecular complexity index is 1140. The molecule has 3 rings (SSSR count). The summed E-state index contributed by atoms with van der Waals surface area (Å²) in [6.45, 7) is 2.79. The van der Waals surface area contributed by atoms with Crippen LogP contribution in [0.4, 0.5) is 5.69 Å². The van der Waals surface area contributed by atoms with Crippen LogP contribution in [0.1, 0.15) is 18.3 Å². The maximum Gasteiger partial charge on any atom is 0.244 e. The second-order valence-electron chi connectivity index (χ2n) is 6.56. The molecule has 1 aromatic heterocycles. The van der Waals surface area contributed by atoms with E-state index in [1.54, 1.807) is 12.1 Å². The van der Waals surface area contributed by atoms with Crippen LogP contribution in [-0.4, -0.2) is 32.3 Å². The maximum absolute atomic E-state index is 12.3. The van der Waals surface area contributed by atoms with Gasteiger partial charge in [0.15, 0.2) is 11.0 Å². The van der Waals surface area contributed by atoms with Crippen LogP contribution in [0.3, 0.4) is 0 Å². The molecule has 3 aromatic rings. The molecular weight excluding hydrogens is 514 g/mol. The Morgan fingerprint density at radius 3 is 2.75 bits per heavy atom. The summed E-state index contributed by atoms with van der Waals surface area (Å²) in [6.07, 6.45) is 3.09. The summed E-state index contributed by atoms with van der Waals surface area (Å²) in [5.41, 5.74) is 1.48. The molecule has 2 aromatic carbocycles. The van der Waals surface area contributed by atoms with Gasteiger partial charge in [0, 0.05) is 27.8 Å². The van der Waals surface area contributed by atoms with Crippen molar-refractivity contribution in [2.24, 2.45) is 0 Å². The molecule has 2 amide bonds. The third-order valence-corrected chi connectivity index (χ3v) is 6.09. The average Bonchev–Trinajstić information content (AvgIpc) is 3.17.